The number of benzene rings is 1. The Bertz CT molecular complexity index is 236. The van der Waals surface area contributed by atoms with Gasteiger partial charge in [-0.1, -0.05) is 23.7 Å². The molecule has 0 aliphatic carbocycles. The van der Waals surface area contributed by atoms with Crippen molar-refractivity contribution in [1.82, 2.24) is 0 Å². The van der Waals surface area contributed by atoms with Crippen LogP contribution in [0.15, 0.2) is 24.3 Å². The van der Waals surface area contributed by atoms with E-state index in [4.69, 9.17) is 23.1 Å². The molecule has 0 aliphatic rings. The first-order valence-electron chi connectivity index (χ1n) is 3.95. The van der Waals surface area contributed by atoms with Gasteiger partial charge in [-0.05, 0) is 30.7 Å². The topological polar surface area (TPSA) is 52.0 Å². The van der Waals surface area contributed by atoms with Gasteiger partial charge in [0.25, 0.3) is 0 Å². The highest BCUT2D eigenvalue weighted by Gasteiger charge is 2.03. The molecular formula is C9H14Cl2N2. The minimum Gasteiger partial charge on any atom is -0.330 e. The summed E-state index contributed by atoms with van der Waals surface area (Å²) in [6, 6.07) is 7.58. The third-order valence-corrected chi connectivity index (χ3v) is 2.03. The molecule has 1 rings (SSSR count). The zero-order chi connectivity index (χ0) is 8.97. The maximum absolute atomic E-state index is 5.83. The van der Waals surface area contributed by atoms with Gasteiger partial charge in [0.2, 0.25) is 0 Å². The molecule has 13 heavy (non-hydrogen) atoms. The fourth-order valence-electron chi connectivity index (χ4n) is 1.06. The van der Waals surface area contributed by atoms with E-state index in [0.29, 0.717) is 6.54 Å². The molecule has 1 aromatic carbocycles. The first kappa shape index (κ1) is 12.7. The summed E-state index contributed by atoms with van der Waals surface area (Å²) in [5.41, 5.74) is 12.3. The van der Waals surface area contributed by atoms with Gasteiger partial charge in [-0.3, -0.25) is 0 Å². The maximum Gasteiger partial charge on any atom is 0.0406 e. The van der Waals surface area contributed by atoms with Crippen molar-refractivity contribution in [3.63, 3.8) is 0 Å². The fourth-order valence-corrected chi connectivity index (χ4v) is 1.18. The lowest BCUT2D eigenvalue weighted by Crippen LogP contribution is -2.14. The van der Waals surface area contributed by atoms with E-state index in [1.165, 1.54) is 0 Å². The average molecular weight is 221 g/mol. The summed E-state index contributed by atoms with van der Waals surface area (Å²) < 4.78 is 0. The summed E-state index contributed by atoms with van der Waals surface area (Å²) in [6.45, 7) is 0.615. The van der Waals surface area contributed by atoms with Gasteiger partial charge >= 0.3 is 0 Å². The second-order valence-corrected chi connectivity index (χ2v) is 3.17. The molecule has 0 bridgehead atoms. The molecule has 2 nitrogen and oxygen atoms in total. The highest BCUT2D eigenvalue weighted by atomic mass is 35.5. The Balaban J connectivity index is 0.00000144. The Morgan fingerprint density at radius 2 is 1.77 bits per heavy atom. The van der Waals surface area contributed by atoms with Gasteiger partial charge < -0.3 is 11.5 Å². The van der Waals surface area contributed by atoms with E-state index in [1.54, 1.807) is 0 Å². The number of nitrogens with two attached hydrogens (primary N) is 2. The summed E-state index contributed by atoms with van der Waals surface area (Å²) in [5.74, 6) is 0. The molecule has 0 aliphatic heterocycles. The lowest BCUT2D eigenvalue weighted by molar-refractivity contribution is 0.661. The highest BCUT2D eigenvalue weighted by molar-refractivity contribution is 6.30. The van der Waals surface area contributed by atoms with E-state index in [9.17, 15) is 0 Å². The number of rotatable bonds is 3. The van der Waals surface area contributed by atoms with Gasteiger partial charge in [0, 0.05) is 11.1 Å². The van der Waals surface area contributed by atoms with Gasteiger partial charge in [-0.25, -0.2) is 0 Å². The standard InChI is InChI=1S/C9H13ClN2.ClH/c10-8-3-1-7(2-4-8)9(12)5-6-11;/h1-4,9H,5-6,11-12H2;1H/t9-;/m1./s1. The van der Waals surface area contributed by atoms with E-state index < -0.39 is 0 Å². The molecule has 74 valence electrons. The highest BCUT2D eigenvalue weighted by Crippen LogP contribution is 2.16. The Morgan fingerprint density at radius 1 is 1.23 bits per heavy atom. The molecule has 0 unspecified atom stereocenters. The first-order chi connectivity index (χ1) is 5.74. The Labute approximate surface area is 89.7 Å². The van der Waals surface area contributed by atoms with Crippen molar-refractivity contribution >= 4 is 24.0 Å². The Hall–Kier alpha value is -0.280. The van der Waals surface area contributed by atoms with Gasteiger partial charge in [0.15, 0.2) is 0 Å². The molecule has 0 radical (unpaired) electrons. The van der Waals surface area contributed by atoms with Crippen molar-refractivity contribution in [2.45, 2.75) is 12.5 Å². The van der Waals surface area contributed by atoms with E-state index in [1.807, 2.05) is 24.3 Å². The smallest absolute Gasteiger partial charge is 0.0406 e. The lowest BCUT2D eigenvalue weighted by atomic mass is 10.1. The first-order valence-corrected chi connectivity index (χ1v) is 4.33. The van der Waals surface area contributed by atoms with E-state index in [0.717, 1.165) is 17.0 Å². The fraction of sp³-hybridized carbons (Fsp3) is 0.333. The van der Waals surface area contributed by atoms with Crippen molar-refractivity contribution in [2.24, 2.45) is 11.5 Å². The lowest BCUT2D eigenvalue weighted by Gasteiger charge is -2.09. The number of halogens is 2. The van der Waals surface area contributed by atoms with Crippen LogP contribution in [0, 0.1) is 0 Å². The van der Waals surface area contributed by atoms with Gasteiger partial charge in [0.1, 0.15) is 0 Å². The molecule has 0 amide bonds. The van der Waals surface area contributed by atoms with Crippen molar-refractivity contribution in [3.05, 3.63) is 34.9 Å². The zero-order valence-electron chi connectivity index (χ0n) is 7.24. The minimum atomic E-state index is 0. The van der Waals surface area contributed by atoms with Crippen LogP contribution in [-0.4, -0.2) is 6.54 Å². The Kier molecular flexibility index (Phi) is 6.08. The van der Waals surface area contributed by atoms with Crippen LogP contribution in [0.1, 0.15) is 18.0 Å². The van der Waals surface area contributed by atoms with Gasteiger partial charge in [-0.2, -0.15) is 0 Å². The summed E-state index contributed by atoms with van der Waals surface area (Å²) >= 11 is 5.73. The largest absolute Gasteiger partial charge is 0.330 e. The SMILES string of the molecule is Cl.NCC[C@@H](N)c1ccc(Cl)cc1. The zero-order valence-corrected chi connectivity index (χ0v) is 8.81. The molecule has 0 fully saturated rings. The summed E-state index contributed by atoms with van der Waals surface area (Å²) in [6.07, 6.45) is 0.807. The number of hydrogen-bond donors (Lipinski definition) is 2. The summed E-state index contributed by atoms with van der Waals surface area (Å²) in [4.78, 5) is 0. The third-order valence-electron chi connectivity index (χ3n) is 1.78. The quantitative estimate of drug-likeness (QED) is 0.821. The monoisotopic (exact) mass is 220 g/mol. The molecule has 0 aromatic heterocycles. The van der Waals surface area contributed by atoms with Gasteiger partial charge in [-0.15, -0.1) is 12.4 Å². The molecule has 0 saturated heterocycles. The van der Waals surface area contributed by atoms with Crippen LogP contribution >= 0.6 is 24.0 Å². The van der Waals surface area contributed by atoms with Crippen molar-refractivity contribution in [1.29, 1.82) is 0 Å². The van der Waals surface area contributed by atoms with Crippen LogP contribution in [0.4, 0.5) is 0 Å². The van der Waals surface area contributed by atoms with Crippen LogP contribution in [0.5, 0.6) is 0 Å². The van der Waals surface area contributed by atoms with Gasteiger partial charge in [0.05, 0.1) is 0 Å². The second-order valence-electron chi connectivity index (χ2n) is 2.74. The predicted octanol–water partition coefficient (Wildman–Crippen LogP) is 2.11. The molecule has 4 heteroatoms. The maximum atomic E-state index is 5.83. The number of hydrogen-bond acceptors (Lipinski definition) is 2. The van der Waals surface area contributed by atoms with E-state index in [2.05, 4.69) is 0 Å². The predicted molar refractivity (Wildman–Crippen MR) is 59.3 cm³/mol. The van der Waals surface area contributed by atoms with Crippen LogP contribution in [0.3, 0.4) is 0 Å². The Morgan fingerprint density at radius 3 is 2.23 bits per heavy atom. The van der Waals surface area contributed by atoms with Crippen LogP contribution in [0.2, 0.25) is 5.02 Å². The van der Waals surface area contributed by atoms with Crippen LogP contribution in [-0.2, 0) is 0 Å². The summed E-state index contributed by atoms with van der Waals surface area (Å²) in [7, 11) is 0. The van der Waals surface area contributed by atoms with Crippen molar-refractivity contribution in [2.75, 3.05) is 6.54 Å². The molecule has 0 saturated carbocycles. The van der Waals surface area contributed by atoms with Crippen LogP contribution in [0.25, 0.3) is 0 Å². The van der Waals surface area contributed by atoms with E-state index in [-0.39, 0.29) is 18.4 Å². The average Bonchev–Trinajstić information content (AvgIpc) is 2.06. The second kappa shape index (κ2) is 6.22. The third kappa shape index (κ3) is 3.96. The molecule has 1 aromatic rings. The molecular weight excluding hydrogens is 207 g/mol. The molecule has 0 spiro atoms. The van der Waals surface area contributed by atoms with Crippen molar-refractivity contribution < 1.29 is 0 Å². The minimum absolute atomic E-state index is 0. The van der Waals surface area contributed by atoms with Crippen molar-refractivity contribution in [3.8, 4) is 0 Å². The molecule has 4 N–H and O–H groups in total. The molecule has 1 atom stereocenters. The van der Waals surface area contributed by atoms with E-state index >= 15 is 0 Å². The normalized spacial score (nSPS) is 11.9. The van der Waals surface area contributed by atoms with Crippen LogP contribution < -0.4 is 11.5 Å². The summed E-state index contributed by atoms with van der Waals surface area (Å²) in [5, 5.41) is 0.735. The molecule has 0 heterocycles.